The van der Waals surface area contributed by atoms with Gasteiger partial charge in [-0.1, -0.05) is 12.8 Å². The van der Waals surface area contributed by atoms with Gasteiger partial charge in [0.2, 0.25) is 0 Å². The van der Waals surface area contributed by atoms with Crippen molar-refractivity contribution in [2.45, 2.75) is 38.1 Å². The highest BCUT2D eigenvalue weighted by atomic mass is 16.5. The predicted molar refractivity (Wildman–Crippen MR) is 95.0 cm³/mol. The number of hydrogen-bond donors (Lipinski definition) is 2. The van der Waals surface area contributed by atoms with Gasteiger partial charge in [0.1, 0.15) is 24.5 Å². The second-order valence-corrected chi connectivity index (χ2v) is 6.34. The van der Waals surface area contributed by atoms with Gasteiger partial charge in [0.25, 0.3) is 0 Å². The van der Waals surface area contributed by atoms with Crippen LogP contribution in [0.4, 0.5) is 5.82 Å². The van der Waals surface area contributed by atoms with Gasteiger partial charge in [-0.05, 0) is 31.4 Å². The lowest BCUT2D eigenvalue weighted by molar-refractivity contribution is 0.147. The second kappa shape index (κ2) is 8.26. The smallest absolute Gasteiger partial charge is 0.134 e. The molecule has 2 aromatic rings. The summed E-state index contributed by atoms with van der Waals surface area (Å²) in [5.41, 5.74) is 6.64. The van der Waals surface area contributed by atoms with E-state index in [2.05, 4.69) is 14.9 Å². The maximum absolute atomic E-state index is 9.10. The highest BCUT2D eigenvalue weighted by Crippen LogP contribution is 2.24. The number of nitrogen functional groups attached to an aromatic ring is 1. The summed E-state index contributed by atoms with van der Waals surface area (Å²) in [6, 6.07) is 6.36. The number of aromatic nitrogens is 2. The number of ether oxygens (including phenoxy) is 1. The lowest BCUT2D eigenvalue weighted by Gasteiger charge is -2.28. The molecule has 0 spiro atoms. The summed E-state index contributed by atoms with van der Waals surface area (Å²) in [4.78, 5) is 10.7. The second-order valence-electron chi connectivity index (χ2n) is 6.34. The third kappa shape index (κ3) is 4.13. The molecule has 0 saturated heterocycles. The van der Waals surface area contributed by atoms with Crippen LogP contribution in [0, 0.1) is 0 Å². The van der Waals surface area contributed by atoms with Crippen molar-refractivity contribution < 1.29 is 9.84 Å². The maximum atomic E-state index is 9.10. The first-order valence-corrected chi connectivity index (χ1v) is 8.76. The van der Waals surface area contributed by atoms with Crippen molar-refractivity contribution >= 4 is 16.7 Å². The van der Waals surface area contributed by atoms with Gasteiger partial charge in [0, 0.05) is 37.2 Å². The minimum atomic E-state index is 0.246. The fourth-order valence-electron chi connectivity index (χ4n) is 3.45. The standard InChI is InChI=1S/C18H26N4O2/c19-18-16-7-6-15(12-17(16)20-13-21-18)24-11-9-22(8-3-10-23)14-4-1-2-5-14/h6-7,12-14,23H,1-5,8-11H2,(H2,19,20,21). The zero-order valence-corrected chi connectivity index (χ0v) is 14.0. The van der Waals surface area contributed by atoms with Gasteiger partial charge < -0.3 is 15.6 Å². The Morgan fingerprint density at radius 1 is 1.21 bits per heavy atom. The van der Waals surface area contributed by atoms with Crippen molar-refractivity contribution in [2.24, 2.45) is 0 Å². The Bertz CT molecular complexity index is 659. The topological polar surface area (TPSA) is 84.5 Å². The van der Waals surface area contributed by atoms with Crippen LogP contribution in [-0.2, 0) is 0 Å². The molecule has 0 amide bonds. The lowest BCUT2D eigenvalue weighted by atomic mass is 10.2. The minimum Gasteiger partial charge on any atom is -0.492 e. The molecule has 1 aromatic heterocycles. The van der Waals surface area contributed by atoms with Crippen LogP contribution in [0.3, 0.4) is 0 Å². The maximum Gasteiger partial charge on any atom is 0.134 e. The fourth-order valence-corrected chi connectivity index (χ4v) is 3.45. The molecule has 0 bridgehead atoms. The van der Waals surface area contributed by atoms with Gasteiger partial charge in [-0.25, -0.2) is 9.97 Å². The van der Waals surface area contributed by atoms with E-state index in [1.807, 2.05) is 18.2 Å². The van der Waals surface area contributed by atoms with E-state index in [1.165, 1.54) is 32.0 Å². The molecule has 1 saturated carbocycles. The number of aliphatic hydroxyl groups excluding tert-OH is 1. The summed E-state index contributed by atoms with van der Waals surface area (Å²) in [5.74, 6) is 1.29. The summed E-state index contributed by atoms with van der Waals surface area (Å²) >= 11 is 0. The Hall–Kier alpha value is -1.92. The average Bonchev–Trinajstić information content (AvgIpc) is 3.12. The van der Waals surface area contributed by atoms with Crippen molar-refractivity contribution in [2.75, 3.05) is 32.0 Å². The van der Waals surface area contributed by atoms with E-state index in [1.54, 1.807) is 0 Å². The Morgan fingerprint density at radius 3 is 2.83 bits per heavy atom. The average molecular weight is 330 g/mol. The van der Waals surface area contributed by atoms with Crippen LogP contribution in [0.15, 0.2) is 24.5 Å². The monoisotopic (exact) mass is 330 g/mol. The van der Waals surface area contributed by atoms with Crippen molar-refractivity contribution in [1.82, 2.24) is 14.9 Å². The Morgan fingerprint density at radius 2 is 2.04 bits per heavy atom. The quantitative estimate of drug-likeness (QED) is 0.772. The normalized spacial score (nSPS) is 15.4. The molecule has 6 heteroatoms. The minimum absolute atomic E-state index is 0.246. The largest absolute Gasteiger partial charge is 0.492 e. The molecule has 24 heavy (non-hydrogen) atoms. The summed E-state index contributed by atoms with van der Waals surface area (Å²) in [5, 5.41) is 9.95. The molecule has 1 aliphatic rings. The Kier molecular flexibility index (Phi) is 5.82. The fraction of sp³-hybridized carbons (Fsp3) is 0.556. The third-order valence-electron chi connectivity index (χ3n) is 4.73. The van der Waals surface area contributed by atoms with E-state index < -0.39 is 0 Å². The van der Waals surface area contributed by atoms with Crippen LogP contribution < -0.4 is 10.5 Å². The Labute approximate surface area is 142 Å². The first-order valence-electron chi connectivity index (χ1n) is 8.76. The molecule has 0 atom stereocenters. The summed E-state index contributed by atoms with van der Waals surface area (Å²) < 4.78 is 5.92. The van der Waals surface area contributed by atoms with E-state index in [0.29, 0.717) is 18.5 Å². The van der Waals surface area contributed by atoms with Crippen LogP contribution >= 0.6 is 0 Å². The van der Waals surface area contributed by atoms with Gasteiger partial charge >= 0.3 is 0 Å². The van der Waals surface area contributed by atoms with Crippen LogP contribution in [0.1, 0.15) is 32.1 Å². The van der Waals surface area contributed by atoms with Gasteiger partial charge in [0.05, 0.1) is 5.52 Å². The first kappa shape index (κ1) is 16.9. The number of nitrogens with two attached hydrogens (primary N) is 1. The number of nitrogens with zero attached hydrogens (tertiary/aromatic N) is 3. The molecule has 1 aromatic carbocycles. The van der Waals surface area contributed by atoms with Crippen LogP contribution in [0.2, 0.25) is 0 Å². The third-order valence-corrected chi connectivity index (χ3v) is 4.73. The molecule has 3 rings (SSSR count). The molecule has 3 N–H and O–H groups in total. The molecule has 6 nitrogen and oxygen atoms in total. The van der Waals surface area contributed by atoms with E-state index in [9.17, 15) is 0 Å². The molecule has 1 fully saturated rings. The number of hydrogen-bond acceptors (Lipinski definition) is 6. The summed E-state index contributed by atoms with van der Waals surface area (Å²) in [7, 11) is 0. The summed E-state index contributed by atoms with van der Waals surface area (Å²) in [6.07, 6.45) is 7.44. The molecular weight excluding hydrogens is 304 g/mol. The molecule has 1 aliphatic carbocycles. The SMILES string of the molecule is Nc1ncnc2cc(OCCN(CCCO)C3CCCC3)ccc12. The number of fused-ring (bicyclic) bond motifs is 1. The molecular formula is C18H26N4O2. The zero-order chi connectivity index (χ0) is 16.8. The highest BCUT2D eigenvalue weighted by molar-refractivity contribution is 5.88. The van der Waals surface area contributed by atoms with Gasteiger partial charge in [-0.15, -0.1) is 0 Å². The number of anilines is 1. The van der Waals surface area contributed by atoms with E-state index >= 15 is 0 Å². The lowest BCUT2D eigenvalue weighted by Crippen LogP contribution is -2.37. The predicted octanol–water partition coefficient (Wildman–Crippen LogP) is 2.22. The first-order chi connectivity index (χ1) is 11.8. The van der Waals surface area contributed by atoms with E-state index in [4.69, 9.17) is 15.6 Å². The van der Waals surface area contributed by atoms with Gasteiger partial charge in [-0.2, -0.15) is 0 Å². The summed E-state index contributed by atoms with van der Waals surface area (Å²) in [6.45, 7) is 2.70. The van der Waals surface area contributed by atoms with Crippen molar-refractivity contribution in [3.8, 4) is 5.75 Å². The van der Waals surface area contributed by atoms with Crippen LogP contribution in [0.25, 0.3) is 10.9 Å². The highest BCUT2D eigenvalue weighted by Gasteiger charge is 2.21. The molecule has 1 heterocycles. The molecule has 0 unspecified atom stereocenters. The number of benzene rings is 1. The molecule has 0 radical (unpaired) electrons. The van der Waals surface area contributed by atoms with E-state index in [0.717, 1.165) is 36.2 Å². The number of aliphatic hydroxyl groups is 1. The molecule has 0 aliphatic heterocycles. The van der Waals surface area contributed by atoms with Crippen molar-refractivity contribution in [1.29, 1.82) is 0 Å². The number of rotatable bonds is 8. The van der Waals surface area contributed by atoms with Crippen molar-refractivity contribution in [3.05, 3.63) is 24.5 Å². The van der Waals surface area contributed by atoms with Gasteiger partial charge in [-0.3, -0.25) is 4.90 Å². The molecule has 130 valence electrons. The van der Waals surface area contributed by atoms with E-state index in [-0.39, 0.29) is 6.61 Å². The van der Waals surface area contributed by atoms with Crippen LogP contribution in [0.5, 0.6) is 5.75 Å². The Balaban J connectivity index is 1.57. The van der Waals surface area contributed by atoms with Crippen molar-refractivity contribution in [3.63, 3.8) is 0 Å². The zero-order valence-electron chi connectivity index (χ0n) is 14.0. The van der Waals surface area contributed by atoms with Crippen LogP contribution in [-0.4, -0.2) is 52.3 Å². The van der Waals surface area contributed by atoms with Gasteiger partial charge in [0.15, 0.2) is 0 Å².